The zero-order chi connectivity index (χ0) is 12.6. The van der Waals surface area contributed by atoms with Crippen LogP contribution < -0.4 is 5.73 Å². The van der Waals surface area contributed by atoms with Crippen molar-refractivity contribution < 1.29 is 8.91 Å². The summed E-state index contributed by atoms with van der Waals surface area (Å²) in [5.74, 6) is 0.259. The highest BCUT2D eigenvalue weighted by Gasteiger charge is 2.22. The van der Waals surface area contributed by atoms with Crippen LogP contribution in [0.1, 0.15) is 19.7 Å². The third-order valence-electron chi connectivity index (χ3n) is 2.17. The Labute approximate surface area is 106 Å². The van der Waals surface area contributed by atoms with Gasteiger partial charge in [0.05, 0.1) is 10.0 Å². The summed E-state index contributed by atoms with van der Waals surface area (Å²) in [6.07, 6.45) is 0. The topological polar surface area (TPSA) is 64.9 Å². The van der Waals surface area contributed by atoms with Gasteiger partial charge < -0.3 is 10.3 Å². The van der Waals surface area contributed by atoms with E-state index < -0.39 is 5.54 Å². The predicted molar refractivity (Wildman–Crippen MR) is 64.6 cm³/mol. The molecule has 2 N–H and O–H groups in total. The van der Waals surface area contributed by atoms with Crippen molar-refractivity contribution in [2.45, 2.75) is 19.4 Å². The maximum absolute atomic E-state index is 13.3. The van der Waals surface area contributed by atoms with E-state index >= 15 is 0 Å². The van der Waals surface area contributed by atoms with Crippen molar-refractivity contribution in [1.82, 2.24) is 10.1 Å². The number of rotatable bonds is 2. The predicted octanol–water partition coefficient (Wildman–Crippen LogP) is 2.83. The fourth-order valence-electron chi connectivity index (χ4n) is 1.23. The Morgan fingerprint density at radius 1 is 1.41 bits per heavy atom. The van der Waals surface area contributed by atoms with Gasteiger partial charge in [0.2, 0.25) is 0 Å². The standard InChI is InChI=1S/C11H11BrFN3O/c1-11(2,14)10-15-9(17-16-10)6-3-4-7(12)8(13)5-6/h3-5H,14H2,1-2H3. The molecule has 17 heavy (non-hydrogen) atoms. The molecule has 1 heterocycles. The van der Waals surface area contributed by atoms with Crippen LogP contribution >= 0.6 is 15.9 Å². The van der Waals surface area contributed by atoms with E-state index in [0.29, 0.717) is 15.9 Å². The molecule has 0 spiro atoms. The number of hydrogen-bond acceptors (Lipinski definition) is 4. The number of aromatic nitrogens is 2. The van der Waals surface area contributed by atoms with Gasteiger partial charge in [-0.15, -0.1) is 0 Å². The normalized spacial score (nSPS) is 11.8. The summed E-state index contributed by atoms with van der Waals surface area (Å²) >= 11 is 3.08. The number of nitrogens with zero attached hydrogens (tertiary/aromatic N) is 2. The van der Waals surface area contributed by atoms with Crippen molar-refractivity contribution in [1.29, 1.82) is 0 Å². The Kier molecular flexibility index (Phi) is 3.01. The summed E-state index contributed by atoms with van der Waals surface area (Å²) in [6, 6.07) is 4.60. The highest BCUT2D eigenvalue weighted by atomic mass is 79.9. The first-order valence-corrected chi connectivity index (χ1v) is 5.76. The van der Waals surface area contributed by atoms with Crippen LogP contribution in [-0.4, -0.2) is 10.1 Å². The molecule has 1 aromatic heterocycles. The minimum Gasteiger partial charge on any atom is -0.334 e. The second kappa shape index (κ2) is 4.19. The van der Waals surface area contributed by atoms with Gasteiger partial charge in [-0.05, 0) is 48.0 Å². The van der Waals surface area contributed by atoms with E-state index in [1.165, 1.54) is 6.07 Å². The van der Waals surface area contributed by atoms with Crippen LogP contribution in [0.3, 0.4) is 0 Å². The number of nitrogens with two attached hydrogens (primary N) is 1. The fourth-order valence-corrected chi connectivity index (χ4v) is 1.48. The smallest absolute Gasteiger partial charge is 0.258 e. The zero-order valence-electron chi connectivity index (χ0n) is 9.37. The maximum atomic E-state index is 13.3. The lowest BCUT2D eigenvalue weighted by Gasteiger charge is -2.11. The molecule has 6 heteroatoms. The first-order valence-electron chi connectivity index (χ1n) is 4.96. The summed E-state index contributed by atoms with van der Waals surface area (Å²) in [5.41, 5.74) is 5.67. The molecular formula is C11H11BrFN3O. The van der Waals surface area contributed by atoms with Crippen molar-refractivity contribution in [2.24, 2.45) is 5.73 Å². The molecule has 0 unspecified atom stereocenters. The van der Waals surface area contributed by atoms with Gasteiger partial charge in [-0.1, -0.05) is 5.16 Å². The molecule has 4 nitrogen and oxygen atoms in total. The molecule has 0 bridgehead atoms. The summed E-state index contributed by atoms with van der Waals surface area (Å²) in [5, 5.41) is 3.77. The number of hydrogen-bond donors (Lipinski definition) is 1. The minimum atomic E-state index is -0.685. The Balaban J connectivity index is 2.40. The van der Waals surface area contributed by atoms with Gasteiger partial charge in [0, 0.05) is 5.56 Å². The molecular weight excluding hydrogens is 289 g/mol. The second-order valence-corrected chi connectivity index (χ2v) is 5.13. The van der Waals surface area contributed by atoms with Crippen molar-refractivity contribution in [3.05, 3.63) is 34.3 Å². The molecule has 0 saturated heterocycles. The Hall–Kier alpha value is -1.27. The van der Waals surface area contributed by atoms with E-state index in [0.717, 1.165) is 0 Å². The molecule has 0 aliphatic rings. The zero-order valence-corrected chi connectivity index (χ0v) is 11.0. The van der Waals surface area contributed by atoms with E-state index in [4.69, 9.17) is 10.3 Å². The van der Waals surface area contributed by atoms with Crippen LogP contribution in [0.15, 0.2) is 27.2 Å². The lowest BCUT2D eigenvalue weighted by Crippen LogP contribution is -2.30. The molecule has 0 saturated carbocycles. The summed E-state index contributed by atoms with van der Waals surface area (Å²) < 4.78 is 18.8. The molecule has 0 radical (unpaired) electrons. The van der Waals surface area contributed by atoms with Crippen LogP contribution in [0.5, 0.6) is 0 Å². The average Bonchev–Trinajstić information content (AvgIpc) is 2.70. The molecule has 0 amide bonds. The fraction of sp³-hybridized carbons (Fsp3) is 0.273. The second-order valence-electron chi connectivity index (χ2n) is 4.27. The Morgan fingerprint density at radius 3 is 2.65 bits per heavy atom. The van der Waals surface area contributed by atoms with E-state index in [2.05, 4.69) is 26.1 Å². The molecule has 0 aliphatic heterocycles. The van der Waals surface area contributed by atoms with Crippen LogP contribution in [0, 0.1) is 5.82 Å². The highest BCUT2D eigenvalue weighted by Crippen LogP contribution is 2.24. The third kappa shape index (κ3) is 2.53. The summed E-state index contributed by atoms with van der Waals surface area (Å²) in [4.78, 5) is 4.14. The monoisotopic (exact) mass is 299 g/mol. The van der Waals surface area contributed by atoms with Crippen molar-refractivity contribution in [3.63, 3.8) is 0 Å². The lowest BCUT2D eigenvalue weighted by atomic mass is 10.1. The first kappa shape index (κ1) is 12.2. The van der Waals surface area contributed by atoms with Gasteiger partial charge in [-0.2, -0.15) is 4.98 Å². The third-order valence-corrected chi connectivity index (χ3v) is 2.81. The molecule has 1 aromatic carbocycles. The van der Waals surface area contributed by atoms with E-state index in [1.54, 1.807) is 26.0 Å². The summed E-state index contributed by atoms with van der Waals surface area (Å²) in [6.45, 7) is 3.54. The molecule has 2 rings (SSSR count). The Bertz CT molecular complexity index is 548. The number of benzene rings is 1. The molecule has 0 atom stereocenters. The molecule has 0 fully saturated rings. The van der Waals surface area contributed by atoms with Gasteiger partial charge in [0.1, 0.15) is 5.82 Å². The van der Waals surface area contributed by atoms with Crippen LogP contribution in [0.4, 0.5) is 4.39 Å². The molecule has 2 aromatic rings. The van der Waals surface area contributed by atoms with Gasteiger partial charge in [0.25, 0.3) is 5.89 Å². The molecule has 90 valence electrons. The Morgan fingerprint density at radius 2 is 2.12 bits per heavy atom. The largest absolute Gasteiger partial charge is 0.334 e. The maximum Gasteiger partial charge on any atom is 0.258 e. The van der Waals surface area contributed by atoms with E-state index in [-0.39, 0.29) is 11.7 Å². The summed E-state index contributed by atoms with van der Waals surface area (Å²) in [7, 11) is 0. The van der Waals surface area contributed by atoms with Gasteiger partial charge >= 0.3 is 0 Å². The highest BCUT2D eigenvalue weighted by molar-refractivity contribution is 9.10. The van der Waals surface area contributed by atoms with Gasteiger partial charge in [-0.25, -0.2) is 4.39 Å². The van der Waals surface area contributed by atoms with Crippen molar-refractivity contribution in [2.75, 3.05) is 0 Å². The quantitative estimate of drug-likeness (QED) is 0.926. The van der Waals surface area contributed by atoms with E-state index in [1.807, 2.05) is 0 Å². The molecule has 0 aliphatic carbocycles. The van der Waals surface area contributed by atoms with Crippen LogP contribution in [0.25, 0.3) is 11.5 Å². The number of halogens is 2. The van der Waals surface area contributed by atoms with Crippen LogP contribution in [0.2, 0.25) is 0 Å². The van der Waals surface area contributed by atoms with Crippen molar-refractivity contribution in [3.8, 4) is 11.5 Å². The SMILES string of the molecule is CC(C)(N)c1noc(-c2ccc(Br)c(F)c2)n1. The minimum absolute atomic E-state index is 0.255. The van der Waals surface area contributed by atoms with Gasteiger partial charge in [-0.3, -0.25) is 0 Å². The van der Waals surface area contributed by atoms with Crippen molar-refractivity contribution >= 4 is 15.9 Å². The lowest BCUT2D eigenvalue weighted by molar-refractivity contribution is 0.397. The van der Waals surface area contributed by atoms with Crippen LogP contribution in [-0.2, 0) is 5.54 Å². The van der Waals surface area contributed by atoms with Gasteiger partial charge in [0.15, 0.2) is 5.82 Å². The first-order chi connectivity index (χ1) is 7.88. The average molecular weight is 300 g/mol. The van der Waals surface area contributed by atoms with E-state index in [9.17, 15) is 4.39 Å².